The number of rotatable bonds is 3. The van der Waals surface area contributed by atoms with Gasteiger partial charge < -0.3 is 10.8 Å². The minimum atomic E-state index is -0.114. The van der Waals surface area contributed by atoms with Crippen LogP contribution in [-0.4, -0.2) is 18.3 Å². The van der Waals surface area contributed by atoms with E-state index < -0.39 is 0 Å². The monoisotopic (exact) mass is 269 g/mol. The molecular weight excluding hydrogens is 254 g/mol. The fourth-order valence-corrected chi connectivity index (χ4v) is 3.24. The molecule has 1 aliphatic carbocycles. The second-order valence-corrected chi connectivity index (χ2v) is 5.49. The molecule has 1 aromatic rings. The lowest BCUT2D eigenvalue weighted by atomic mass is 9.88. The Balaban J connectivity index is 2.38. The van der Waals surface area contributed by atoms with Crippen LogP contribution in [0.25, 0.3) is 0 Å². The maximum absolute atomic E-state index is 9.45. The van der Waals surface area contributed by atoms with Crippen molar-refractivity contribution in [2.24, 2.45) is 11.1 Å². The van der Waals surface area contributed by atoms with E-state index in [2.05, 4.69) is 28.9 Å². The Hall–Kier alpha value is -0.380. The Bertz CT molecular complexity index is 376. The lowest BCUT2D eigenvalue weighted by molar-refractivity contribution is 0.198. The Morgan fingerprint density at radius 1 is 1.47 bits per heavy atom. The number of aliphatic hydroxyl groups excluding tert-OH is 1. The molecule has 0 bridgehead atoms. The van der Waals surface area contributed by atoms with E-state index in [0.717, 1.165) is 10.9 Å². The van der Waals surface area contributed by atoms with E-state index in [1.54, 1.807) is 0 Å². The second-order valence-electron chi connectivity index (χ2n) is 4.63. The van der Waals surface area contributed by atoms with Crippen LogP contribution in [0.3, 0.4) is 0 Å². The van der Waals surface area contributed by atoms with E-state index in [-0.39, 0.29) is 17.4 Å². The van der Waals surface area contributed by atoms with Crippen LogP contribution in [0, 0.1) is 5.41 Å². The molecule has 0 amide bonds. The van der Waals surface area contributed by atoms with Crippen molar-refractivity contribution in [3.05, 3.63) is 34.3 Å². The van der Waals surface area contributed by atoms with Crippen molar-refractivity contribution >= 4 is 15.9 Å². The molecule has 0 saturated heterocycles. The number of hydrogen-bond donors (Lipinski definition) is 2. The zero-order valence-corrected chi connectivity index (χ0v) is 10.4. The van der Waals surface area contributed by atoms with Gasteiger partial charge in [-0.3, -0.25) is 0 Å². The van der Waals surface area contributed by atoms with E-state index >= 15 is 0 Å². The van der Waals surface area contributed by atoms with Crippen molar-refractivity contribution in [1.82, 2.24) is 0 Å². The summed E-state index contributed by atoms with van der Waals surface area (Å²) in [6.07, 6.45) is 0.968. The third-order valence-corrected chi connectivity index (χ3v) is 4.59. The highest BCUT2D eigenvalue weighted by Gasteiger charge is 2.64. The first-order valence-corrected chi connectivity index (χ1v) is 5.95. The molecule has 2 nitrogen and oxygen atoms in total. The molecule has 0 radical (unpaired) electrons. The molecule has 1 fully saturated rings. The average Bonchev–Trinajstić information content (AvgIpc) is 2.87. The molecule has 3 N–H and O–H groups in total. The molecule has 0 aromatic heterocycles. The molecule has 1 aromatic carbocycles. The normalized spacial score (nSPS) is 34.1. The number of aliphatic hydroxyl groups is 1. The standard InChI is InChI=1S/C12H16BrNO/c1-11(6-12(11,7-14)8-15)9-4-2-3-5-10(9)13/h2-5,15H,6-8,14H2,1H3. The molecule has 1 saturated carbocycles. The molecule has 3 heteroatoms. The van der Waals surface area contributed by atoms with Crippen LogP contribution in [0.15, 0.2) is 28.7 Å². The van der Waals surface area contributed by atoms with Crippen molar-refractivity contribution in [2.75, 3.05) is 13.2 Å². The van der Waals surface area contributed by atoms with E-state index in [9.17, 15) is 5.11 Å². The number of benzene rings is 1. The fourth-order valence-electron chi connectivity index (χ4n) is 2.51. The van der Waals surface area contributed by atoms with E-state index in [4.69, 9.17) is 5.73 Å². The van der Waals surface area contributed by atoms with Crippen molar-refractivity contribution < 1.29 is 5.11 Å². The smallest absolute Gasteiger partial charge is 0.0508 e. The summed E-state index contributed by atoms with van der Waals surface area (Å²) < 4.78 is 1.11. The lowest BCUT2D eigenvalue weighted by Crippen LogP contribution is -2.28. The summed E-state index contributed by atoms with van der Waals surface area (Å²) in [6, 6.07) is 8.18. The summed E-state index contributed by atoms with van der Waals surface area (Å²) in [6.45, 7) is 2.89. The number of hydrogen-bond acceptors (Lipinski definition) is 2. The van der Waals surface area contributed by atoms with E-state index in [1.165, 1.54) is 5.56 Å². The molecule has 15 heavy (non-hydrogen) atoms. The molecule has 82 valence electrons. The first-order valence-electron chi connectivity index (χ1n) is 5.16. The molecular formula is C12H16BrNO. The highest BCUT2D eigenvalue weighted by molar-refractivity contribution is 9.10. The topological polar surface area (TPSA) is 46.2 Å². The van der Waals surface area contributed by atoms with Gasteiger partial charge in [0.1, 0.15) is 0 Å². The highest BCUT2D eigenvalue weighted by atomic mass is 79.9. The SMILES string of the molecule is CC1(c2ccccc2Br)CC1(CN)CO. The van der Waals surface area contributed by atoms with Crippen LogP contribution < -0.4 is 5.73 Å². The first kappa shape index (κ1) is 11.1. The Morgan fingerprint density at radius 3 is 2.60 bits per heavy atom. The summed E-state index contributed by atoms with van der Waals surface area (Å²) >= 11 is 3.56. The Labute approximate surface area is 98.6 Å². The molecule has 0 spiro atoms. The van der Waals surface area contributed by atoms with Crippen LogP contribution in [-0.2, 0) is 5.41 Å². The molecule has 0 aliphatic heterocycles. The number of nitrogens with two attached hydrogens (primary N) is 1. The fraction of sp³-hybridized carbons (Fsp3) is 0.500. The van der Waals surface area contributed by atoms with Gasteiger partial charge in [-0.05, 0) is 18.1 Å². The second kappa shape index (κ2) is 3.58. The molecule has 1 aliphatic rings. The zero-order valence-electron chi connectivity index (χ0n) is 8.83. The van der Waals surface area contributed by atoms with Crippen LogP contribution in [0.4, 0.5) is 0 Å². The van der Waals surface area contributed by atoms with Gasteiger partial charge >= 0.3 is 0 Å². The lowest BCUT2D eigenvalue weighted by Gasteiger charge is -2.20. The Kier molecular flexibility index (Phi) is 2.65. The van der Waals surface area contributed by atoms with Crippen molar-refractivity contribution in [3.63, 3.8) is 0 Å². The van der Waals surface area contributed by atoms with Crippen molar-refractivity contribution in [2.45, 2.75) is 18.8 Å². The maximum Gasteiger partial charge on any atom is 0.0508 e. The van der Waals surface area contributed by atoms with Gasteiger partial charge in [-0.1, -0.05) is 41.1 Å². The van der Waals surface area contributed by atoms with Crippen LogP contribution in [0.2, 0.25) is 0 Å². The zero-order chi connectivity index (χ0) is 11.1. The van der Waals surface area contributed by atoms with Gasteiger partial charge in [-0.15, -0.1) is 0 Å². The van der Waals surface area contributed by atoms with Crippen molar-refractivity contribution in [3.8, 4) is 0 Å². The largest absolute Gasteiger partial charge is 0.396 e. The third kappa shape index (κ3) is 1.45. The molecule has 2 unspecified atom stereocenters. The molecule has 2 rings (SSSR count). The Morgan fingerprint density at radius 2 is 2.13 bits per heavy atom. The molecule has 2 atom stereocenters. The summed E-state index contributed by atoms with van der Waals surface area (Å²) in [5.41, 5.74) is 6.93. The maximum atomic E-state index is 9.45. The molecule has 0 heterocycles. The number of halogens is 1. The third-order valence-electron chi connectivity index (χ3n) is 3.90. The van der Waals surface area contributed by atoms with Crippen molar-refractivity contribution in [1.29, 1.82) is 0 Å². The van der Waals surface area contributed by atoms with Crippen LogP contribution in [0.5, 0.6) is 0 Å². The van der Waals surface area contributed by atoms with Gasteiger partial charge in [-0.25, -0.2) is 0 Å². The highest BCUT2D eigenvalue weighted by Crippen LogP contribution is 2.64. The average molecular weight is 270 g/mol. The van der Waals surface area contributed by atoms with Gasteiger partial charge in [0, 0.05) is 21.8 Å². The van der Waals surface area contributed by atoms with Gasteiger partial charge in [0.15, 0.2) is 0 Å². The quantitative estimate of drug-likeness (QED) is 0.883. The van der Waals surface area contributed by atoms with Gasteiger partial charge in [0.05, 0.1) is 6.61 Å². The van der Waals surface area contributed by atoms with Gasteiger partial charge in [0.25, 0.3) is 0 Å². The van der Waals surface area contributed by atoms with Gasteiger partial charge in [0.2, 0.25) is 0 Å². The summed E-state index contributed by atoms with van der Waals surface area (Å²) in [5, 5.41) is 9.45. The predicted molar refractivity (Wildman–Crippen MR) is 64.7 cm³/mol. The first-order chi connectivity index (χ1) is 7.09. The minimum Gasteiger partial charge on any atom is -0.396 e. The van der Waals surface area contributed by atoms with Gasteiger partial charge in [-0.2, -0.15) is 0 Å². The van der Waals surface area contributed by atoms with E-state index in [0.29, 0.717) is 6.54 Å². The van der Waals surface area contributed by atoms with Crippen LogP contribution in [0.1, 0.15) is 18.9 Å². The minimum absolute atomic E-state index is 0.0244. The summed E-state index contributed by atoms with van der Waals surface area (Å²) in [7, 11) is 0. The van der Waals surface area contributed by atoms with E-state index in [1.807, 2.05) is 18.2 Å². The van der Waals surface area contributed by atoms with Crippen LogP contribution >= 0.6 is 15.9 Å². The summed E-state index contributed by atoms with van der Waals surface area (Å²) in [5.74, 6) is 0. The summed E-state index contributed by atoms with van der Waals surface area (Å²) in [4.78, 5) is 0. The predicted octanol–water partition coefficient (Wildman–Crippen LogP) is 2.05.